The lowest BCUT2D eigenvalue weighted by atomic mass is 10.6. The van der Waals surface area contributed by atoms with Crippen LogP contribution in [-0.4, -0.2) is 20.1 Å². The minimum absolute atomic E-state index is 0.432. The first-order chi connectivity index (χ1) is 7.24. The van der Waals surface area contributed by atoms with Crippen molar-refractivity contribution in [2.24, 2.45) is 0 Å². The van der Waals surface area contributed by atoms with Crippen molar-refractivity contribution in [3.05, 3.63) is 27.7 Å². The molecule has 0 aromatic carbocycles. The number of hydrogen-bond donors (Lipinski definition) is 1. The molecule has 1 N–H and O–H groups in total. The van der Waals surface area contributed by atoms with E-state index in [1.807, 2.05) is 0 Å². The summed E-state index contributed by atoms with van der Waals surface area (Å²) in [6, 6.07) is 0. The number of anilines is 1. The van der Waals surface area contributed by atoms with E-state index in [2.05, 4.69) is 48.0 Å². The number of rotatable bonds is 3. The fourth-order valence-corrected chi connectivity index (χ4v) is 1.25. The zero-order valence-corrected chi connectivity index (χ0v) is 10.1. The number of nitrogens with one attached hydrogen (secondary N) is 1. The Kier molecular flexibility index (Phi) is 3.09. The minimum atomic E-state index is 0.432. The topological polar surface area (TPSA) is 76.7 Å². The standard InChI is InChI=1S/C8H8IN5O/c1-5-13-7(15-14-5)4-12-8-10-2-6(9)3-11-8/h2-3H,4H2,1H3,(H,10,11,12). The molecule has 0 radical (unpaired) electrons. The second kappa shape index (κ2) is 4.51. The van der Waals surface area contributed by atoms with Crippen LogP contribution < -0.4 is 5.32 Å². The largest absolute Gasteiger partial charge is 0.345 e. The Morgan fingerprint density at radius 1 is 1.40 bits per heavy atom. The molecule has 0 amide bonds. The summed E-state index contributed by atoms with van der Waals surface area (Å²) in [4.78, 5) is 12.2. The van der Waals surface area contributed by atoms with E-state index < -0.39 is 0 Å². The zero-order valence-electron chi connectivity index (χ0n) is 7.94. The van der Waals surface area contributed by atoms with Crippen LogP contribution in [0.4, 0.5) is 5.95 Å². The minimum Gasteiger partial charge on any atom is -0.345 e. The summed E-state index contributed by atoms with van der Waals surface area (Å²) in [5, 5.41) is 6.65. The first kappa shape index (κ1) is 10.3. The van der Waals surface area contributed by atoms with Gasteiger partial charge in [0.25, 0.3) is 0 Å². The molecule has 6 nitrogen and oxygen atoms in total. The smallest absolute Gasteiger partial charge is 0.246 e. The van der Waals surface area contributed by atoms with E-state index in [1.54, 1.807) is 19.3 Å². The Labute approximate surface area is 99.7 Å². The predicted molar refractivity (Wildman–Crippen MR) is 61.1 cm³/mol. The van der Waals surface area contributed by atoms with E-state index in [0.717, 1.165) is 3.57 Å². The lowest BCUT2D eigenvalue weighted by Gasteiger charge is -1.99. The van der Waals surface area contributed by atoms with Crippen molar-refractivity contribution in [1.82, 2.24) is 20.1 Å². The van der Waals surface area contributed by atoms with Gasteiger partial charge in [0.05, 0.1) is 6.54 Å². The molecule has 0 aliphatic carbocycles. The average Bonchev–Trinajstić information content (AvgIpc) is 2.64. The third kappa shape index (κ3) is 2.85. The molecule has 78 valence electrons. The van der Waals surface area contributed by atoms with E-state index in [1.165, 1.54) is 0 Å². The number of aromatic nitrogens is 4. The monoisotopic (exact) mass is 317 g/mol. The highest BCUT2D eigenvalue weighted by Crippen LogP contribution is 2.04. The number of aryl methyl sites for hydroxylation is 1. The highest BCUT2D eigenvalue weighted by molar-refractivity contribution is 14.1. The highest BCUT2D eigenvalue weighted by Gasteiger charge is 2.02. The molecule has 0 atom stereocenters. The fourth-order valence-electron chi connectivity index (χ4n) is 0.970. The van der Waals surface area contributed by atoms with Gasteiger partial charge in [-0.25, -0.2) is 9.97 Å². The third-order valence-corrected chi connectivity index (χ3v) is 2.14. The molecular formula is C8H8IN5O. The molecule has 7 heteroatoms. The van der Waals surface area contributed by atoms with Gasteiger partial charge in [-0.15, -0.1) is 0 Å². The van der Waals surface area contributed by atoms with E-state index in [9.17, 15) is 0 Å². The van der Waals surface area contributed by atoms with E-state index in [-0.39, 0.29) is 0 Å². The average molecular weight is 317 g/mol. The summed E-state index contributed by atoms with van der Waals surface area (Å²) in [7, 11) is 0. The van der Waals surface area contributed by atoms with Gasteiger partial charge in [0, 0.05) is 16.0 Å². The van der Waals surface area contributed by atoms with Gasteiger partial charge in [0.1, 0.15) is 0 Å². The molecule has 0 saturated carbocycles. The van der Waals surface area contributed by atoms with Crippen LogP contribution in [0.15, 0.2) is 16.9 Å². The van der Waals surface area contributed by atoms with E-state index >= 15 is 0 Å². The predicted octanol–water partition coefficient (Wildman–Crippen LogP) is 1.38. The van der Waals surface area contributed by atoms with Crippen molar-refractivity contribution in [1.29, 1.82) is 0 Å². The van der Waals surface area contributed by atoms with Gasteiger partial charge < -0.3 is 9.84 Å². The Morgan fingerprint density at radius 2 is 2.13 bits per heavy atom. The normalized spacial score (nSPS) is 10.3. The molecule has 0 unspecified atom stereocenters. The van der Waals surface area contributed by atoms with Crippen LogP contribution in [0, 0.1) is 10.5 Å². The van der Waals surface area contributed by atoms with Crippen molar-refractivity contribution in [3.63, 3.8) is 0 Å². The summed E-state index contributed by atoms with van der Waals surface area (Å²) in [5.74, 6) is 1.69. The molecule has 0 fully saturated rings. The summed E-state index contributed by atoms with van der Waals surface area (Å²) in [5.41, 5.74) is 0. The molecule has 0 aliphatic rings. The van der Waals surface area contributed by atoms with Gasteiger partial charge in [0.2, 0.25) is 11.8 Å². The molecule has 2 rings (SSSR count). The molecule has 2 aromatic rings. The van der Waals surface area contributed by atoms with Gasteiger partial charge in [-0.2, -0.15) is 4.98 Å². The van der Waals surface area contributed by atoms with Gasteiger partial charge in [0.15, 0.2) is 5.82 Å². The molecule has 0 aliphatic heterocycles. The SMILES string of the molecule is Cc1noc(CNc2ncc(I)cn2)n1. The lowest BCUT2D eigenvalue weighted by Crippen LogP contribution is -2.03. The second-order valence-electron chi connectivity index (χ2n) is 2.81. The number of hydrogen-bond acceptors (Lipinski definition) is 6. The molecule has 15 heavy (non-hydrogen) atoms. The van der Waals surface area contributed by atoms with Crippen molar-refractivity contribution >= 4 is 28.5 Å². The first-order valence-electron chi connectivity index (χ1n) is 4.24. The highest BCUT2D eigenvalue weighted by atomic mass is 127. The molecule has 0 spiro atoms. The maximum Gasteiger partial charge on any atom is 0.246 e. The van der Waals surface area contributed by atoms with Crippen LogP contribution in [0.2, 0.25) is 0 Å². The Bertz CT molecular complexity index is 441. The van der Waals surface area contributed by atoms with Gasteiger partial charge >= 0.3 is 0 Å². The summed E-state index contributed by atoms with van der Waals surface area (Å²) in [6.45, 7) is 2.20. The quantitative estimate of drug-likeness (QED) is 0.862. The summed E-state index contributed by atoms with van der Waals surface area (Å²) in [6.07, 6.45) is 3.46. The maximum absolute atomic E-state index is 4.93. The van der Waals surface area contributed by atoms with Crippen LogP contribution in [0.1, 0.15) is 11.7 Å². The van der Waals surface area contributed by atoms with Crippen molar-refractivity contribution < 1.29 is 4.52 Å². The Morgan fingerprint density at radius 3 is 2.73 bits per heavy atom. The van der Waals surface area contributed by atoms with E-state index in [4.69, 9.17) is 4.52 Å². The van der Waals surface area contributed by atoms with Crippen LogP contribution >= 0.6 is 22.6 Å². The van der Waals surface area contributed by atoms with Gasteiger partial charge in [-0.1, -0.05) is 5.16 Å². The van der Waals surface area contributed by atoms with Crippen molar-refractivity contribution in [2.75, 3.05) is 5.32 Å². The molecular weight excluding hydrogens is 309 g/mol. The Hall–Kier alpha value is -1.25. The molecule has 2 aromatic heterocycles. The van der Waals surface area contributed by atoms with Crippen molar-refractivity contribution in [2.45, 2.75) is 13.5 Å². The van der Waals surface area contributed by atoms with Crippen molar-refractivity contribution in [3.8, 4) is 0 Å². The van der Waals surface area contributed by atoms with Gasteiger partial charge in [-0.05, 0) is 29.5 Å². The Balaban J connectivity index is 1.96. The number of halogens is 1. The van der Waals surface area contributed by atoms with E-state index in [0.29, 0.717) is 24.2 Å². The maximum atomic E-state index is 4.93. The van der Waals surface area contributed by atoms with Crippen LogP contribution in [-0.2, 0) is 6.54 Å². The first-order valence-corrected chi connectivity index (χ1v) is 5.32. The second-order valence-corrected chi connectivity index (χ2v) is 4.06. The third-order valence-electron chi connectivity index (χ3n) is 1.59. The summed E-state index contributed by atoms with van der Waals surface area (Å²) < 4.78 is 5.92. The number of nitrogens with zero attached hydrogens (tertiary/aromatic N) is 4. The van der Waals surface area contributed by atoms with Crippen LogP contribution in [0.3, 0.4) is 0 Å². The van der Waals surface area contributed by atoms with Gasteiger partial charge in [-0.3, -0.25) is 0 Å². The molecule has 2 heterocycles. The summed E-state index contributed by atoms with van der Waals surface area (Å²) >= 11 is 2.15. The van der Waals surface area contributed by atoms with Crippen LogP contribution in [0.5, 0.6) is 0 Å². The van der Waals surface area contributed by atoms with Crippen LogP contribution in [0.25, 0.3) is 0 Å². The molecule has 0 saturated heterocycles. The zero-order chi connectivity index (χ0) is 10.7. The molecule has 0 bridgehead atoms. The lowest BCUT2D eigenvalue weighted by molar-refractivity contribution is 0.379. The fraction of sp³-hybridized carbons (Fsp3) is 0.250.